The summed E-state index contributed by atoms with van der Waals surface area (Å²) in [6.45, 7) is 2.35. The van der Waals surface area contributed by atoms with Crippen molar-refractivity contribution in [2.75, 3.05) is 11.9 Å². The predicted octanol–water partition coefficient (Wildman–Crippen LogP) is 3.53. The van der Waals surface area contributed by atoms with Crippen LogP contribution in [0.15, 0.2) is 41.3 Å². The van der Waals surface area contributed by atoms with E-state index < -0.39 is 21.9 Å². The minimum absolute atomic E-state index is 0.0283. The highest BCUT2D eigenvalue weighted by Gasteiger charge is 2.36. The molecule has 1 aliphatic carbocycles. The van der Waals surface area contributed by atoms with Crippen LogP contribution in [-0.4, -0.2) is 42.3 Å². The van der Waals surface area contributed by atoms with Crippen molar-refractivity contribution < 1.29 is 26.8 Å². The summed E-state index contributed by atoms with van der Waals surface area (Å²) in [5.74, 6) is -3.81. The monoisotopic (exact) mass is 517 g/mol. The van der Waals surface area contributed by atoms with Gasteiger partial charge < -0.3 is 15.2 Å². The fraction of sp³-hybridized carbons (Fsp3) is 0.375. The summed E-state index contributed by atoms with van der Waals surface area (Å²) in [4.78, 5) is 29.4. The number of pyridine rings is 1. The molecule has 0 saturated heterocycles. The quantitative estimate of drug-likeness (QED) is 0.486. The van der Waals surface area contributed by atoms with Crippen molar-refractivity contribution >= 4 is 38.6 Å². The van der Waals surface area contributed by atoms with Gasteiger partial charge in [-0.05, 0) is 61.6 Å². The number of rotatable bonds is 4. The molecule has 190 valence electrons. The Morgan fingerprint density at radius 2 is 1.92 bits per heavy atom. The van der Waals surface area contributed by atoms with Crippen LogP contribution < -0.4 is 15.8 Å². The number of benzene rings is 1. The third-order valence-corrected chi connectivity index (χ3v) is 7.85. The second-order valence-corrected chi connectivity index (χ2v) is 11.0. The van der Waals surface area contributed by atoms with Gasteiger partial charge in [0.25, 0.3) is 11.8 Å². The molecule has 0 spiro atoms. The summed E-state index contributed by atoms with van der Waals surface area (Å²) < 4.78 is 53.5. The molecule has 0 bridgehead atoms. The molecule has 1 saturated carbocycles. The van der Waals surface area contributed by atoms with Crippen LogP contribution in [0.4, 0.5) is 14.5 Å². The number of primary sulfonamides is 1. The number of hydrogen-bond donors (Lipinski definition) is 3. The van der Waals surface area contributed by atoms with Crippen LogP contribution >= 0.6 is 0 Å². The number of sulfonamides is 1. The van der Waals surface area contributed by atoms with Gasteiger partial charge in [-0.1, -0.05) is 6.07 Å². The number of hydrogen-bond acceptors (Lipinski definition) is 5. The van der Waals surface area contributed by atoms with Crippen LogP contribution in [0.25, 0.3) is 11.0 Å². The molecule has 1 aromatic carbocycles. The molecule has 12 heteroatoms. The van der Waals surface area contributed by atoms with Crippen LogP contribution in [0.2, 0.25) is 0 Å². The maximum absolute atomic E-state index is 13.6. The summed E-state index contributed by atoms with van der Waals surface area (Å²) in [7, 11) is -4.23. The summed E-state index contributed by atoms with van der Waals surface area (Å²) in [5, 5.41) is 11.5. The topological polar surface area (TPSA) is 136 Å². The molecule has 2 aromatic heterocycles. The number of nitrogens with zero attached hydrogens (tertiary/aromatic N) is 2. The molecule has 0 radical (unpaired) electrons. The Morgan fingerprint density at radius 3 is 2.61 bits per heavy atom. The number of aromatic nitrogens is 2. The van der Waals surface area contributed by atoms with Crippen molar-refractivity contribution in [2.45, 2.75) is 55.4 Å². The number of nitrogens with two attached hydrogens (primary N) is 1. The number of halogens is 2. The average Bonchev–Trinajstić information content (AvgIpc) is 3.21. The van der Waals surface area contributed by atoms with Gasteiger partial charge in [-0.2, -0.15) is 0 Å². The number of nitrogens with one attached hydrogen (secondary N) is 2. The van der Waals surface area contributed by atoms with Crippen molar-refractivity contribution in [3.05, 3.63) is 53.3 Å². The van der Waals surface area contributed by atoms with Crippen LogP contribution in [0, 0.1) is 0 Å². The Hall–Kier alpha value is -3.38. The molecule has 0 unspecified atom stereocenters. The zero-order valence-corrected chi connectivity index (χ0v) is 20.2. The van der Waals surface area contributed by atoms with Gasteiger partial charge in [0.1, 0.15) is 21.9 Å². The molecule has 2 aliphatic rings. The summed E-state index contributed by atoms with van der Waals surface area (Å²) in [6, 6.07) is 9.18. The first-order valence-electron chi connectivity index (χ1n) is 11.6. The molecule has 1 fully saturated rings. The highest BCUT2D eigenvalue weighted by atomic mass is 32.2. The zero-order valence-electron chi connectivity index (χ0n) is 19.4. The van der Waals surface area contributed by atoms with Gasteiger partial charge in [0.2, 0.25) is 15.9 Å². The molecule has 2 amide bonds. The van der Waals surface area contributed by atoms with Crippen LogP contribution in [0.3, 0.4) is 0 Å². The Bertz CT molecular complexity index is 1490. The van der Waals surface area contributed by atoms with Gasteiger partial charge in [-0.25, -0.2) is 27.3 Å². The van der Waals surface area contributed by atoms with Gasteiger partial charge in [0.15, 0.2) is 0 Å². The first-order chi connectivity index (χ1) is 16.9. The standard InChI is InChI=1S/C24H25F2N5O4S/c1-13-12-28-23(33)19-10-16-3-5-18(29-21(16)31(13)19)22(32)30-17-4-2-15(11-20(17)36(27,34)35)14-6-8-24(25,26)9-7-14/h2-5,10-11,13-14H,6-9,12H2,1H3,(H,28,33)(H,30,32)(H2,27,34,35)/t13-/m1/s1. The maximum Gasteiger partial charge on any atom is 0.274 e. The van der Waals surface area contributed by atoms with Crippen molar-refractivity contribution in [1.82, 2.24) is 14.9 Å². The van der Waals surface area contributed by atoms with Crippen molar-refractivity contribution in [1.29, 1.82) is 0 Å². The molecule has 1 aliphatic heterocycles. The van der Waals surface area contributed by atoms with Gasteiger partial charge in [0, 0.05) is 24.8 Å². The van der Waals surface area contributed by atoms with Gasteiger partial charge in [0.05, 0.1) is 11.7 Å². The molecule has 3 heterocycles. The van der Waals surface area contributed by atoms with E-state index in [2.05, 4.69) is 15.6 Å². The van der Waals surface area contributed by atoms with Crippen LogP contribution in [0.1, 0.15) is 71.1 Å². The molecule has 5 rings (SSSR count). The molecule has 1 atom stereocenters. The minimum Gasteiger partial charge on any atom is -0.349 e. The van der Waals surface area contributed by atoms with Crippen LogP contribution in [-0.2, 0) is 10.0 Å². The lowest BCUT2D eigenvalue weighted by Gasteiger charge is -2.28. The Balaban J connectivity index is 1.45. The Kier molecular flexibility index (Phi) is 5.83. The van der Waals surface area contributed by atoms with E-state index in [4.69, 9.17) is 5.14 Å². The average molecular weight is 518 g/mol. The maximum atomic E-state index is 13.6. The van der Waals surface area contributed by atoms with E-state index in [0.29, 0.717) is 28.8 Å². The van der Waals surface area contributed by atoms with E-state index in [0.717, 1.165) is 0 Å². The normalized spacial score (nSPS) is 20.1. The van der Waals surface area contributed by atoms with Gasteiger partial charge in [-0.3, -0.25) is 9.59 Å². The number of anilines is 1. The summed E-state index contributed by atoms with van der Waals surface area (Å²) >= 11 is 0. The predicted molar refractivity (Wildman–Crippen MR) is 129 cm³/mol. The summed E-state index contributed by atoms with van der Waals surface area (Å²) in [6.07, 6.45) is -0.0764. The van der Waals surface area contributed by atoms with E-state index in [-0.39, 0.29) is 59.8 Å². The summed E-state index contributed by atoms with van der Waals surface area (Å²) in [5.41, 5.74) is 1.50. The third-order valence-electron chi connectivity index (χ3n) is 6.90. The fourth-order valence-electron chi connectivity index (χ4n) is 4.96. The lowest BCUT2D eigenvalue weighted by atomic mass is 9.82. The molecule has 3 aromatic rings. The molecule has 9 nitrogen and oxygen atoms in total. The van der Waals surface area contributed by atoms with Crippen molar-refractivity contribution in [3.63, 3.8) is 0 Å². The highest BCUT2D eigenvalue weighted by Crippen LogP contribution is 2.41. The molecule has 36 heavy (non-hydrogen) atoms. The number of alkyl halides is 2. The zero-order chi connectivity index (χ0) is 25.8. The second kappa shape index (κ2) is 8.63. The largest absolute Gasteiger partial charge is 0.349 e. The number of carbonyl (C=O) groups excluding carboxylic acids is 2. The van der Waals surface area contributed by atoms with Gasteiger partial charge >= 0.3 is 0 Å². The van der Waals surface area contributed by atoms with E-state index in [1.165, 1.54) is 18.2 Å². The van der Waals surface area contributed by atoms with Gasteiger partial charge in [-0.15, -0.1) is 0 Å². The van der Waals surface area contributed by atoms with E-state index in [1.807, 2.05) is 6.92 Å². The van der Waals surface area contributed by atoms with E-state index >= 15 is 0 Å². The van der Waals surface area contributed by atoms with Crippen molar-refractivity contribution in [2.24, 2.45) is 5.14 Å². The minimum atomic E-state index is -4.23. The lowest BCUT2D eigenvalue weighted by molar-refractivity contribution is -0.0382. The molecular weight excluding hydrogens is 492 g/mol. The first-order valence-corrected chi connectivity index (χ1v) is 13.1. The third kappa shape index (κ3) is 4.46. The SMILES string of the molecule is C[C@@H]1CNC(=O)c2cc3ccc(C(=O)Nc4ccc(C5CCC(F)(F)CC5)cc4S(N)(=O)=O)nc3n21. The fourth-order valence-corrected chi connectivity index (χ4v) is 5.68. The lowest BCUT2D eigenvalue weighted by Crippen LogP contribution is -2.37. The number of amides is 2. The highest BCUT2D eigenvalue weighted by molar-refractivity contribution is 7.89. The second-order valence-electron chi connectivity index (χ2n) is 9.45. The Morgan fingerprint density at radius 1 is 1.19 bits per heavy atom. The molecule has 4 N–H and O–H groups in total. The van der Waals surface area contributed by atoms with E-state index in [9.17, 15) is 26.8 Å². The first kappa shape index (κ1) is 24.3. The number of carbonyl (C=O) groups is 2. The smallest absolute Gasteiger partial charge is 0.274 e. The molecular formula is C24H25F2N5O4S. The van der Waals surface area contributed by atoms with E-state index in [1.54, 1.807) is 22.8 Å². The Labute approximate surface area is 206 Å². The van der Waals surface area contributed by atoms with Crippen LogP contribution in [0.5, 0.6) is 0 Å². The number of fused-ring (bicyclic) bond motifs is 3. The van der Waals surface area contributed by atoms with Crippen molar-refractivity contribution in [3.8, 4) is 0 Å².